The van der Waals surface area contributed by atoms with E-state index < -0.39 is 0 Å². The molecule has 0 aliphatic rings. The van der Waals surface area contributed by atoms with Crippen LogP contribution >= 0.6 is 12.4 Å². The van der Waals surface area contributed by atoms with E-state index in [1.54, 1.807) is 6.20 Å². The second-order valence-electron chi connectivity index (χ2n) is 4.91. The first kappa shape index (κ1) is 16.9. The van der Waals surface area contributed by atoms with Crippen molar-refractivity contribution in [1.82, 2.24) is 14.7 Å². The Kier molecular flexibility index (Phi) is 6.96. The zero-order chi connectivity index (χ0) is 13.7. The summed E-state index contributed by atoms with van der Waals surface area (Å²) >= 11 is 0. The third-order valence-electron chi connectivity index (χ3n) is 3.31. The Morgan fingerprint density at radius 1 is 1.15 bits per heavy atom. The predicted octanol–water partition coefficient (Wildman–Crippen LogP) is 3.72. The molecule has 0 saturated heterocycles. The fraction of sp³-hybridized carbons (Fsp3) is 0.533. The van der Waals surface area contributed by atoms with Crippen LogP contribution < -0.4 is 0 Å². The second kappa shape index (κ2) is 8.22. The molecule has 0 atom stereocenters. The van der Waals surface area contributed by atoms with Crippen molar-refractivity contribution in [2.75, 3.05) is 19.6 Å². The number of fused-ring (bicyclic) bond motifs is 1. The van der Waals surface area contributed by atoms with Crippen LogP contribution in [0.15, 0.2) is 24.4 Å². The van der Waals surface area contributed by atoms with Crippen molar-refractivity contribution in [3.8, 4) is 0 Å². The maximum Gasteiger partial charge on any atom is 0.124 e. The molecule has 0 unspecified atom stereocenters. The molecule has 2 rings (SSSR count). The van der Waals surface area contributed by atoms with Gasteiger partial charge in [-0.25, -0.2) is 4.39 Å². The number of nitrogens with zero attached hydrogens (tertiary/aromatic N) is 3. The van der Waals surface area contributed by atoms with E-state index in [2.05, 4.69) is 23.8 Å². The summed E-state index contributed by atoms with van der Waals surface area (Å²) < 4.78 is 15.1. The van der Waals surface area contributed by atoms with Crippen molar-refractivity contribution < 1.29 is 4.39 Å². The van der Waals surface area contributed by atoms with Crippen molar-refractivity contribution >= 4 is 23.3 Å². The Balaban J connectivity index is 0.00000200. The van der Waals surface area contributed by atoms with E-state index in [4.69, 9.17) is 0 Å². The predicted molar refractivity (Wildman–Crippen MR) is 84.0 cm³/mol. The number of hydrogen-bond acceptors (Lipinski definition) is 2. The summed E-state index contributed by atoms with van der Waals surface area (Å²) in [5.74, 6) is -0.203. The summed E-state index contributed by atoms with van der Waals surface area (Å²) in [6.07, 6.45) is 4.08. The number of rotatable bonds is 7. The Bertz CT molecular complexity index is 521. The monoisotopic (exact) mass is 299 g/mol. The van der Waals surface area contributed by atoms with Crippen LogP contribution in [0.25, 0.3) is 10.9 Å². The van der Waals surface area contributed by atoms with E-state index in [1.165, 1.54) is 25.0 Å². The third kappa shape index (κ3) is 4.18. The lowest BCUT2D eigenvalue weighted by Crippen LogP contribution is -2.29. The van der Waals surface area contributed by atoms with Gasteiger partial charge in [0.05, 0.1) is 18.3 Å². The molecule has 0 aliphatic carbocycles. The minimum Gasteiger partial charge on any atom is -0.302 e. The van der Waals surface area contributed by atoms with Crippen LogP contribution in [0.5, 0.6) is 0 Å². The van der Waals surface area contributed by atoms with Gasteiger partial charge in [0.15, 0.2) is 0 Å². The van der Waals surface area contributed by atoms with Gasteiger partial charge in [-0.1, -0.05) is 13.8 Å². The van der Waals surface area contributed by atoms with Gasteiger partial charge in [0.2, 0.25) is 0 Å². The standard InChI is InChI=1S/C15H22FN3.ClH/c1-3-7-18(8-4-2)9-10-19-15-6-5-14(16)11-13(15)12-17-19;/h5-6,11-12H,3-4,7-10H2,1-2H3;1H. The van der Waals surface area contributed by atoms with Crippen molar-refractivity contribution in [1.29, 1.82) is 0 Å². The van der Waals surface area contributed by atoms with Crippen LogP contribution in [0, 0.1) is 5.82 Å². The van der Waals surface area contributed by atoms with E-state index in [0.29, 0.717) is 0 Å². The smallest absolute Gasteiger partial charge is 0.124 e. The van der Waals surface area contributed by atoms with E-state index in [0.717, 1.165) is 37.1 Å². The number of halogens is 2. The molecule has 112 valence electrons. The highest BCUT2D eigenvalue weighted by Gasteiger charge is 2.06. The van der Waals surface area contributed by atoms with Gasteiger partial charge in [-0.3, -0.25) is 4.68 Å². The van der Waals surface area contributed by atoms with Crippen LogP contribution in [-0.2, 0) is 6.54 Å². The minimum absolute atomic E-state index is 0. The second-order valence-corrected chi connectivity index (χ2v) is 4.91. The van der Waals surface area contributed by atoms with Crippen LogP contribution in [0.2, 0.25) is 0 Å². The van der Waals surface area contributed by atoms with Gasteiger partial charge in [0.1, 0.15) is 5.82 Å². The lowest BCUT2D eigenvalue weighted by atomic mass is 10.2. The molecule has 1 aromatic carbocycles. The van der Waals surface area contributed by atoms with Gasteiger partial charge in [-0.05, 0) is 44.1 Å². The molecule has 1 heterocycles. The molecule has 0 amide bonds. The Labute approximate surface area is 126 Å². The summed E-state index contributed by atoms with van der Waals surface area (Å²) in [5, 5.41) is 5.22. The molecule has 3 nitrogen and oxygen atoms in total. The highest BCUT2D eigenvalue weighted by atomic mass is 35.5. The topological polar surface area (TPSA) is 21.1 Å². The molecule has 0 aliphatic heterocycles. The van der Waals surface area contributed by atoms with Crippen molar-refractivity contribution in [3.05, 3.63) is 30.2 Å². The van der Waals surface area contributed by atoms with Crippen molar-refractivity contribution in [2.45, 2.75) is 33.2 Å². The van der Waals surface area contributed by atoms with Crippen molar-refractivity contribution in [3.63, 3.8) is 0 Å². The van der Waals surface area contributed by atoms with Crippen LogP contribution in [-0.4, -0.2) is 34.3 Å². The molecular formula is C15H23ClFN3. The van der Waals surface area contributed by atoms with Gasteiger partial charge in [-0.2, -0.15) is 5.10 Å². The molecule has 2 aromatic rings. The largest absolute Gasteiger partial charge is 0.302 e. The zero-order valence-corrected chi connectivity index (χ0v) is 13.0. The van der Waals surface area contributed by atoms with E-state index in [1.807, 2.05) is 10.7 Å². The van der Waals surface area contributed by atoms with Gasteiger partial charge in [0.25, 0.3) is 0 Å². The lowest BCUT2D eigenvalue weighted by Gasteiger charge is -2.20. The van der Waals surface area contributed by atoms with Crippen molar-refractivity contribution in [2.24, 2.45) is 0 Å². The minimum atomic E-state index is -0.203. The maximum atomic E-state index is 13.1. The van der Waals surface area contributed by atoms with Crippen LogP contribution in [0.3, 0.4) is 0 Å². The molecule has 0 fully saturated rings. The number of aromatic nitrogens is 2. The van der Waals surface area contributed by atoms with Crippen LogP contribution in [0.1, 0.15) is 26.7 Å². The SMILES string of the molecule is CCCN(CCC)CCn1ncc2cc(F)ccc21.Cl. The fourth-order valence-corrected chi connectivity index (χ4v) is 2.44. The molecular weight excluding hydrogens is 277 g/mol. The summed E-state index contributed by atoms with van der Waals surface area (Å²) in [7, 11) is 0. The maximum absolute atomic E-state index is 13.1. The summed E-state index contributed by atoms with van der Waals surface area (Å²) in [6, 6.07) is 4.84. The molecule has 0 bridgehead atoms. The first-order valence-corrected chi connectivity index (χ1v) is 7.08. The normalized spacial score (nSPS) is 11.0. The van der Waals surface area contributed by atoms with Gasteiger partial charge in [-0.15, -0.1) is 12.4 Å². The number of hydrogen-bond donors (Lipinski definition) is 0. The molecule has 0 spiro atoms. The molecule has 1 aromatic heterocycles. The molecule has 0 N–H and O–H groups in total. The van der Waals surface area contributed by atoms with Gasteiger partial charge < -0.3 is 4.90 Å². The average molecular weight is 300 g/mol. The van der Waals surface area contributed by atoms with Crippen LogP contribution in [0.4, 0.5) is 4.39 Å². The highest BCUT2D eigenvalue weighted by molar-refractivity contribution is 5.85. The lowest BCUT2D eigenvalue weighted by molar-refractivity contribution is 0.261. The quantitative estimate of drug-likeness (QED) is 0.777. The average Bonchev–Trinajstić information content (AvgIpc) is 2.78. The summed E-state index contributed by atoms with van der Waals surface area (Å²) in [6.45, 7) is 8.51. The highest BCUT2D eigenvalue weighted by Crippen LogP contribution is 2.15. The Hall–Kier alpha value is -1.13. The molecule has 20 heavy (non-hydrogen) atoms. The first-order chi connectivity index (χ1) is 9.24. The van der Waals surface area contributed by atoms with Gasteiger partial charge in [0, 0.05) is 11.9 Å². The van der Waals surface area contributed by atoms with Gasteiger partial charge >= 0.3 is 0 Å². The molecule has 0 radical (unpaired) electrons. The molecule has 5 heteroatoms. The first-order valence-electron chi connectivity index (χ1n) is 7.08. The number of benzene rings is 1. The summed E-state index contributed by atoms with van der Waals surface area (Å²) in [5.41, 5.74) is 1.01. The van der Waals surface area contributed by atoms with E-state index in [9.17, 15) is 4.39 Å². The third-order valence-corrected chi connectivity index (χ3v) is 3.31. The Morgan fingerprint density at radius 3 is 2.50 bits per heavy atom. The van der Waals surface area contributed by atoms with E-state index >= 15 is 0 Å². The summed E-state index contributed by atoms with van der Waals surface area (Å²) in [4.78, 5) is 2.46. The van der Waals surface area contributed by atoms with E-state index in [-0.39, 0.29) is 18.2 Å². The zero-order valence-electron chi connectivity index (χ0n) is 12.2. The Morgan fingerprint density at radius 2 is 1.85 bits per heavy atom. The fourth-order valence-electron chi connectivity index (χ4n) is 2.44. The molecule has 0 saturated carbocycles.